The molecule has 8 nitrogen and oxygen atoms in total. The maximum Gasteiger partial charge on any atom is 0.251 e. The molecular weight excluding hydrogens is 845 g/mol. The monoisotopic (exact) mass is 949 g/mol. The van der Waals surface area contributed by atoms with E-state index in [2.05, 4.69) is 73.1 Å². The summed E-state index contributed by atoms with van der Waals surface area (Å²) in [5.41, 5.74) is 3.81. The predicted octanol–water partition coefficient (Wildman–Crippen LogP) is 14.8. The second-order valence-corrected chi connectivity index (χ2v) is 25.7. The van der Waals surface area contributed by atoms with Gasteiger partial charge in [0.05, 0.1) is 0 Å². The molecule has 4 amide bonds. The van der Waals surface area contributed by atoms with Crippen molar-refractivity contribution in [1.29, 1.82) is 0 Å². The maximum atomic E-state index is 14.1. The lowest BCUT2D eigenvalue weighted by Gasteiger charge is -2.35. The highest BCUT2D eigenvalue weighted by Gasteiger charge is 2.34. The van der Waals surface area contributed by atoms with Gasteiger partial charge in [-0.05, 0) is 62.8 Å². The smallest absolute Gasteiger partial charge is 0.251 e. The lowest BCUT2D eigenvalue weighted by atomic mass is 9.82. The molecule has 0 aliphatic heterocycles. The van der Waals surface area contributed by atoms with Crippen LogP contribution in [0.1, 0.15) is 268 Å². The zero-order valence-corrected chi connectivity index (χ0v) is 45.5. The highest BCUT2D eigenvalue weighted by molar-refractivity contribution is 6.83. The Morgan fingerprint density at radius 1 is 0.433 bits per heavy atom. The number of amides is 4. The standard InChI is InChI=1S/C58H104N4O4Si/c1-7-10-13-16-19-22-25-28-31-34-48-59-54(63)41-45-58(62-57(66)53-39-37-52(38-40-53)44-51-67(4,5)6,46-42-55(64)60-49-35-32-29-26-23-20-17-14-11-8-2)47-43-56(65)61-50-36-33-30-27-24-21-18-15-12-9-3/h37-40H,7-36,41-43,45-50H2,1-6H3,(H,59,63)(H,60,64)(H,61,65)(H,62,66). The van der Waals surface area contributed by atoms with Crippen LogP contribution in [-0.4, -0.2) is 56.9 Å². The first kappa shape index (κ1) is 61.9. The van der Waals surface area contributed by atoms with Crippen molar-refractivity contribution in [1.82, 2.24) is 21.3 Å². The minimum atomic E-state index is -1.57. The summed E-state index contributed by atoms with van der Waals surface area (Å²) >= 11 is 0. The molecule has 9 heteroatoms. The topological polar surface area (TPSA) is 116 Å². The highest BCUT2D eigenvalue weighted by Crippen LogP contribution is 2.27. The molecule has 1 aromatic carbocycles. The van der Waals surface area contributed by atoms with Crippen LogP contribution in [-0.2, 0) is 14.4 Å². The molecule has 0 spiro atoms. The quantitative estimate of drug-likeness (QED) is 0.0296. The van der Waals surface area contributed by atoms with Crippen molar-refractivity contribution in [2.75, 3.05) is 19.6 Å². The van der Waals surface area contributed by atoms with Crippen molar-refractivity contribution in [3.05, 3.63) is 35.4 Å². The van der Waals surface area contributed by atoms with Crippen LogP contribution < -0.4 is 21.3 Å². The highest BCUT2D eigenvalue weighted by atomic mass is 28.3. The van der Waals surface area contributed by atoms with Crippen LogP contribution in [0, 0.1) is 11.5 Å². The molecule has 0 aliphatic rings. The Balaban J connectivity index is 3.01. The SMILES string of the molecule is CCCCCCCCCCCCNC(=O)CCC(CCC(=O)NCCCCCCCCCCCC)(CCC(=O)NCCCCCCCCCCCC)NC(=O)c1ccc(C#C[Si](C)(C)C)cc1. The molecule has 0 aromatic heterocycles. The summed E-state index contributed by atoms with van der Waals surface area (Å²) in [7, 11) is -1.57. The van der Waals surface area contributed by atoms with E-state index in [1.807, 2.05) is 12.1 Å². The van der Waals surface area contributed by atoms with E-state index in [9.17, 15) is 19.2 Å². The summed E-state index contributed by atoms with van der Waals surface area (Å²) in [5.74, 6) is 2.82. The van der Waals surface area contributed by atoms with Gasteiger partial charge in [0.15, 0.2) is 0 Å². The van der Waals surface area contributed by atoms with E-state index in [0.29, 0.717) is 44.5 Å². The molecule has 384 valence electrons. The van der Waals surface area contributed by atoms with E-state index in [1.165, 1.54) is 154 Å². The van der Waals surface area contributed by atoms with Crippen LogP contribution in [0.25, 0.3) is 0 Å². The molecule has 0 fully saturated rings. The van der Waals surface area contributed by atoms with Crippen LogP contribution in [0.2, 0.25) is 19.6 Å². The largest absolute Gasteiger partial charge is 0.356 e. The summed E-state index contributed by atoms with van der Waals surface area (Å²) < 4.78 is 0. The molecule has 0 heterocycles. The molecular formula is C58H104N4O4Si. The van der Waals surface area contributed by atoms with Crippen molar-refractivity contribution in [3.63, 3.8) is 0 Å². The second-order valence-electron chi connectivity index (χ2n) is 20.9. The van der Waals surface area contributed by atoms with Crippen LogP contribution >= 0.6 is 0 Å². The molecule has 67 heavy (non-hydrogen) atoms. The fourth-order valence-corrected chi connectivity index (χ4v) is 9.20. The van der Waals surface area contributed by atoms with Crippen LogP contribution in [0.4, 0.5) is 0 Å². The third kappa shape index (κ3) is 37.5. The van der Waals surface area contributed by atoms with Gasteiger partial charge in [0.2, 0.25) is 17.7 Å². The van der Waals surface area contributed by atoms with Gasteiger partial charge in [0.1, 0.15) is 8.07 Å². The number of benzene rings is 1. The average Bonchev–Trinajstić information content (AvgIpc) is 3.31. The lowest BCUT2D eigenvalue weighted by Crippen LogP contribution is -2.50. The lowest BCUT2D eigenvalue weighted by molar-refractivity contribution is -0.121. The van der Waals surface area contributed by atoms with Gasteiger partial charge in [-0.15, -0.1) is 5.54 Å². The fraction of sp³-hybridized carbons (Fsp3) is 0.793. The summed E-state index contributed by atoms with van der Waals surface area (Å²) in [6.45, 7) is 15.3. The molecule has 4 N–H and O–H groups in total. The summed E-state index contributed by atoms with van der Waals surface area (Å²) in [4.78, 5) is 54.4. The third-order valence-corrected chi connectivity index (χ3v) is 14.0. The van der Waals surface area contributed by atoms with Gasteiger partial charge in [-0.2, -0.15) is 0 Å². The predicted molar refractivity (Wildman–Crippen MR) is 289 cm³/mol. The van der Waals surface area contributed by atoms with Crippen LogP contribution in [0.15, 0.2) is 24.3 Å². The summed E-state index contributed by atoms with van der Waals surface area (Å²) in [5, 5.41) is 12.7. The van der Waals surface area contributed by atoms with Crippen molar-refractivity contribution < 1.29 is 19.2 Å². The minimum absolute atomic E-state index is 0.0595. The Hall–Kier alpha value is -3.12. The Kier molecular flexibility index (Phi) is 38.6. The minimum Gasteiger partial charge on any atom is -0.356 e. The Labute approximate surface area is 414 Å². The zero-order valence-electron chi connectivity index (χ0n) is 44.5. The number of hydrogen-bond donors (Lipinski definition) is 4. The van der Waals surface area contributed by atoms with Gasteiger partial charge in [-0.1, -0.05) is 220 Å². The van der Waals surface area contributed by atoms with E-state index in [0.717, 1.165) is 44.1 Å². The molecule has 0 unspecified atom stereocenters. The number of rotatable bonds is 44. The van der Waals surface area contributed by atoms with E-state index in [4.69, 9.17) is 0 Å². The number of carbonyl (C=O) groups excluding carboxylic acids is 4. The van der Waals surface area contributed by atoms with Crippen molar-refractivity contribution in [3.8, 4) is 11.5 Å². The zero-order chi connectivity index (χ0) is 49.1. The summed E-state index contributed by atoms with van der Waals surface area (Å²) in [6.07, 6.45) is 38.7. The van der Waals surface area contributed by atoms with Gasteiger partial charge in [-0.3, -0.25) is 19.2 Å². The van der Waals surface area contributed by atoms with Crippen molar-refractivity contribution in [2.45, 2.75) is 277 Å². The van der Waals surface area contributed by atoms with Crippen molar-refractivity contribution in [2.24, 2.45) is 0 Å². The van der Waals surface area contributed by atoms with Gasteiger partial charge in [0, 0.05) is 55.6 Å². The Morgan fingerprint density at radius 3 is 1.00 bits per heavy atom. The van der Waals surface area contributed by atoms with Gasteiger partial charge >= 0.3 is 0 Å². The normalized spacial score (nSPS) is 11.5. The van der Waals surface area contributed by atoms with E-state index >= 15 is 0 Å². The third-order valence-electron chi connectivity index (χ3n) is 13.2. The molecule has 0 atom stereocenters. The van der Waals surface area contributed by atoms with E-state index in [-0.39, 0.29) is 42.9 Å². The first-order chi connectivity index (χ1) is 32.4. The fourth-order valence-electron chi connectivity index (χ4n) is 8.68. The molecule has 0 radical (unpaired) electrons. The number of nitrogens with one attached hydrogen (secondary N) is 4. The number of hydrogen-bond acceptors (Lipinski definition) is 4. The molecule has 0 bridgehead atoms. The first-order valence-corrected chi connectivity index (χ1v) is 31.7. The Bertz CT molecular complexity index is 1360. The first-order valence-electron chi connectivity index (χ1n) is 28.2. The molecule has 0 aliphatic carbocycles. The Morgan fingerprint density at radius 2 is 0.716 bits per heavy atom. The number of carbonyl (C=O) groups is 4. The number of unbranched alkanes of at least 4 members (excludes halogenated alkanes) is 27. The van der Waals surface area contributed by atoms with Gasteiger partial charge < -0.3 is 21.3 Å². The average molecular weight is 950 g/mol. The van der Waals surface area contributed by atoms with E-state index in [1.54, 1.807) is 12.1 Å². The molecule has 0 saturated heterocycles. The van der Waals surface area contributed by atoms with Gasteiger partial charge in [-0.25, -0.2) is 0 Å². The van der Waals surface area contributed by atoms with Crippen molar-refractivity contribution >= 4 is 31.7 Å². The van der Waals surface area contributed by atoms with Crippen LogP contribution in [0.5, 0.6) is 0 Å². The second kappa shape index (κ2) is 41.8. The summed E-state index contributed by atoms with van der Waals surface area (Å²) in [6, 6.07) is 7.36. The molecule has 1 rings (SSSR count). The molecule has 0 saturated carbocycles. The molecule has 1 aromatic rings. The van der Waals surface area contributed by atoms with E-state index < -0.39 is 13.6 Å². The maximum absolute atomic E-state index is 14.1. The van der Waals surface area contributed by atoms with Crippen LogP contribution in [0.3, 0.4) is 0 Å². The van der Waals surface area contributed by atoms with Gasteiger partial charge in [0.25, 0.3) is 5.91 Å².